The smallest absolute Gasteiger partial charge is 0.319 e. The molecule has 2 rings (SSSR count). The third-order valence-corrected chi connectivity index (χ3v) is 2.56. The molecule has 2 aromatic rings. The highest BCUT2D eigenvalue weighted by molar-refractivity contribution is 5.89. The van der Waals surface area contributed by atoms with Crippen LogP contribution in [0.15, 0.2) is 42.5 Å². The average Bonchev–Trinajstić information content (AvgIpc) is 2.38. The van der Waals surface area contributed by atoms with Crippen LogP contribution in [0.3, 0.4) is 0 Å². The van der Waals surface area contributed by atoms with Gasteiger partial charge in [0.2, 0.25) is 0 Å². The largest absolute Gasteiger partial charge is 0.334 e. The van der Waals surface area contributed by atoms with Crippen LogP contribution in [0.1, 0.15) is 5.56 Å². The van der Waals surface area contributed by atoms with Gasteiger partial charge in [-0.25, -0.2) is 18.0 Å². The Kier molecular flexibility index (Phi) is 4.24. The third kappa shape index (κ3) is 3.50. The summed E-state index contributed by atoms with van der Waals surface area (Å²) in [5.41, 5.74) is 0.152. The summed E-state index contributed by atoms with van der Waals surface area (Å²) in [5.74, 6) is -3.08. The van der Waals surface area contributed by atoms with Gasteiger partial charge in [-0.3, -0.25) is 0 Å². The number of anilines is 1. The predicted octanol–water partition coefficient (Wildman–Crippen LogP) is 3.43. The van der Waals surface area contributed by atoms with Gasteiger partial charge in [-0.05, 0) is 12.1 Å². The Bertz CT molecular complexity index is 594. The molecule has 0 aromatic heterocycles. The highest BCUT2D eigenvalue weighted by Crippen LogP contribution is 2.14. The molecule has 0 unspecified atom stereocenters. The number of rotatable bonds is 3. The summed E-state index contributed by atoms with van der Waals surface area (Å²) in [5, 5.41) is 4.79. The lowest BCUT2D eigenvalue weighted by Crippen LogP contribution is -2.29. The number of carbonyl (C=O) groups is 1. The first-order valence-electron chi connectivity index (χ1n) is 5.79. The van der Waals surface area contributed by atoms with Gasteiger partial charge in [-0.1, -0.05) is 18.2 Å². The van der Waals surface area contributed by atoms with Crippen molar-refractivity contribution >= 4 is 11.7 Å². The number of benzene rings is 2. The molecule has 104 valence electrons. The van der Waals surface area contributed by atoms with Crippen LogP contribution in [0.2, 0.25) is 0 Å². The fraction of sp³-hybridized carbons (Fsp3) is 0.0714. The van der Waals surface area contributed by atoms with E-state index in [1.54, 1.807) is 30.3 Å². The Morgan fingerprint density at radius 1 is 1.00 bits per heavy atom. The summed E-state index contributed by atoms with van der Waals surface area (Å²) >= 11 is 0. The van der Waals surface area contributed by atoms with Gasteiger partial charge in [0.15, 0.2) is 0 Å². The number of hydrogen-bond donors (Lipinski definition) is 2. The van der Waals surface area contributed by atoms with E-state index in [0.717, 1.165) is 0 Å². The summed E-state index contributed by atoms with van der Waals surface area (Å²) in [6.45, 7) is -0.378. The Labute approximate surface area is 113 Å². The molecular weight excluding hydrogens is 269 g/mol. The van der Waals surface area contributed by atoms with E-state index in [9.17, 15) is 18.0 Å². The van der Waals surface area contributed by atoms with Crippen LogP contribution in [-0.4, -0.2) is 6.03 Å². The van der Waals surface area contributed by atoms with E-state index in [1.807, 2.05) is 0 Å². The number of nitrogens with one attached hydrogen (secondary N) is 2. The Hall–Kier alpha value is -2.50. The number of amides is 2. The Morgan fingerprint density at radius 2 is 1.60 bits per heavy atom. The first-order valence-corrected chi connectivity index (χ1v) is 5.79. The minimum Gasteiger partial charge on any atom is -0.334 e. The van der Waals surface area contributed by atoms with Crippen LogP contribution in [0.5, 0.6) is 0 Å². The van der Waals surface area contributed by atoms with Crippen molar-refractivity contribution in [2.24, 2.45) is 0 Å². The highest BCUT2D eigenvalue weighted by Gasteiger charge is 2.12. The predicted molar refractivity (Wildman–Crippen MR) is 68.6 cm³/mol. The molecule has 6 heteroatoms. The second-order valence-corrected chi connectivity index (χ2v) is 4.02. The molecule has 0 heterocycles. The number of carbonyl (C=O) groups excluding carboxylic acids is 1. The van der Waals surface area contributed by atoms with E-state index in [1.165, 1.54) is 0 Å². The molecular formula is C14H11F3N2O. The van der Waals surface area contributed by atoms with Crippen molar-refractivity contribution in [1.29, 1.82) is 0 Å². The lowest BCUT2D eigenvalue weighted by molar-refractivity contribution is 0.251. The SMILES string of the molecule is O=C(NCc1c(F)cc(F)cc1F)Nc1ccccc1. The number of hydrogen-bond acceptors (Lipinski definition) is 1. The van der Waals surface area contributed by atoms with Gasteiger partial charge in [0.25, 0.3) is 0 Å². The van der Waals surface area contributed by atoms with Gasteiger partial charge in [-0.2, -0.15) is 0 Å². The van der Waals surface area contributed by atoms with Crippen molar-refractivity contribution in [1.82, 2.24) is 5.32 Å². The minimum atomic E-state index is -1.04. The number of para-hydroxylation sites is 1. The van der Waals surface area contributed by atoms with Gasteiger partial charge in [0, 0.05) is 23.4 Å². The van der Waals surface area contributed by atoms with Gasteiger partial charge in [-0.15, -0.1) is 0 Å². The van der Waals surface area contributed by atoms with Gasteiger partial charge < -0.3 is 10.6 Å². The standard InChI is InChI=1S/C14H11F3N2O/c15-9-6-12(16)11(13(17)7-9)8-18-14(20)19-10-4-2-1-3-5-10/h1-7H,8H2,(H2,18,19,20). The summed E-state index contributed by atoms with van der Waals surface area (Å²) in [6, 6.07) is 9.09. The number of urea groups is 1. The van der Waals surface area contributed by atoms with E-state index >= 15 is 0 Å². The van der Waals surface area contributed by atoms with Crippen LogP contribution in [-0.2, 0) is 6.54 Å². The zero-order valence-electron chi connectivity index (χ0n) is 10.3. The fourth-order valence-corrected chi connectivity index (χ4v) is 1.61. The molecule has 0 radical (unpaired) electrons. The van der Waals surface area contributed by atoms with E-state index in [-0.39, 0.29) is 6.54 Å². The molecule has 0 aliphatic rings. The zero-order valence-corrected chi connectivity index (χ0v) is 10.3. The summed E-state index contributed by atoms with van der Waals surface area (Å²) in [6.07, 6.45) is 0. The summed E-state index contributed by atoms with van der Waals surface area (Å²) in [4.78, 5) is 11.5. The fourth-order valence-electron chi connectivity index (χ4n) is 1.61. The topological polar surface area (TPSA) is 41.1 Å². The second kappa shape index (κ2) is 6.10. The second-order valence-electron chi connectivity index (χ2n) is 4.02. The van der Waals surface area contributed by atoms with E-state index < -0.39 is 29.0 Å². The van der Waals surface area contributed by atoms with E-state index in [2.05, 4.69) is 10.6 Å². The maximum Gasteiger partial charge on any atom is 0.319 e. The van der Waals surface area contributed by atoms with Crippen LogP contribution >= 0.6 is 0 Å². The highest BCUT2D eigenvalue weighted by atomic mass is 19.1. The first-order chi connectivity index (χ1) is 9.56. The maximum atomic E-state index is 13.3. The lowest BCUT2D eigenvalue weighted by atomic mass is 10.2. The minimum absolute atomic E-state index is 0.378. The van der Waals surface area contributed by atoms with Crippen LogP contribution in [0, 0.1) is 17.5 Å². The van der Waals surface area contributed by atoms with Crippen LogP contribution < -0.4 is 10.6 Å². The van der Waals surface area contributed by atoms with Gasteiger partial charge >= 0.3 is 6.03 Å². The monoisotopic (exact) mass is 280 g/mol. The molecule has 0 fully saturated rings. The Morgan fingerprint density at radius 3 is 2.20 bits per heavy atom. The average molecular weight is 280 g/mol. The molecule has 2 N–H and O–H groups in total. The summed E-state index contributed by atoms with van der Waals surface area (Å²) in [7, 11) is 0. The summed E-state index contributed by atoms with van der Waals surface area (Å²) < 4.78 is 39.4. The first kappa shape index (κ1) is 13.9. The van der Waals surface area contributed by atoms with Crippen molar-refractivity contribution in [3.05, 3.63) is 65.5 Å². The van der Waals surface area contributed by atoms with E-state index in [0.29, 0.717) is 17.8 Å². The maximum absolute atomic E-state index is 13.3. The van der Waals surface area contributed by atoms with Crippen LogP contribution in [0.25, 0.3) is 0 Å². The van der Waals surface area contributed by atoms with Gasteiger partial charge in [0.1, 0.15) is 17.5 Å². The molecule has 0 saturated carbocycles. The third-order valence-electron chi connectivity index (χ3n) is 2.56. The molecule has 0 atom stereocenters. The Balaban J connectivity index is 1.97. The molecule has 0 aliphatic heterocycles. The van der Waals surface area contributed by atoms with Crippen molar-refractivity contribution in [3.8, 4) is 0 Å². The quantitative estimate of drug-likeness (QED) is 0.888. The lowest BCUT2D eigenvalue weighted by Gasteiger charge is -2.09. The molecule has 0 saturated heterocycles. The molecule has 2 amide bonds. The molecule has 3 nitrogen and oxygen atoms in total. The van der Waals surface area contributed by atoms with Crippen molar-refractivity contribution < 1.29 is 18.0 Å². The van der Waals surface area contributed by atoms with Crippen molar-refractivity contribution in [2.75, 3.05) is 5.32 Å². The molecule has 2 aromatic carbocycles. The molecule has 0 bridgehead atoms. The molecule has 20 heavy (non-hydrogen) atoms. The van der Waals surface area contributed by atoms with Crippen LogP contribution in [0.4, 0.5) is 23.7 Å². The zero-order chi connectivity index (χ0) is 14.5. The molecule has 0 spiro atoms. The normalized spacial score (nSPS) is 10.2. The van der Waals surface area contributed by atoms with Crippen molar-refractivity contribution in [3.63, 3.8) is 0 Å². The molecule has 0 aliphatic carbocycles. The van der Waals surface area contributed by atoms with E-state index in [4.69, 9.17) is 0 Å². The number of halogens is 3. The van der Waals surface area contributed by atoms with Crippen molar-refractivity contribution in [2.45, 2.75) is 6.54 Å². The van der Waals surface area contributed by atoms with Gasteiger partial charge in [0.05, 0.1) is 6.54 Å².